The van der Waals surface area contributed by atoms with Crippen LogP contribution in [0.3, 0.4) is 0 Å². The van der Waals surface area contributed by atoms with Crippen LogP contribution in [0.1, 0.15) is 19.4 Å². The van der Waals surface area contributed by atoms with E-state index in [1.54, 1.807) is 12.3 Å². The normalized spacial score (nSPS) is 11.5. The first-order chi connectivity index (χ1) is 5.00. The molecule has 3 nitrogen and oxygen atoms in total. The third-order valence-electron chi connectivity index (χ3n) is 1.52. The molecule has 0 aromatic carbocycles. The molecule has 0 saturated carbocycles. The van der Waals surface area contributed by atoms with Crippen LogP contribution in [-0.4, -0.2) is 4.98 Å². The molecule has 0 atom stereocenters. The van der Waals surface area contributed by atoms with Gasteiger partial charge in [-0.1, -0.05) is 0 Å². The van der Waals surface area contributed by atoms with Crippen molar-refractivity contribution in [3.63, 3.8) is 0 Å². The molecule has 0 aliphatic carbocycles. The zero-order valence-electron chi connectivity index (χ0n) is 6.72. The van der Waals surface area contributed by atoms with E-state index in [0.29, 0.717) is 0 Å². The van der Waals surface area contributed by atoms with Crippen molar-refractivity contribution in [3.05, 3.63) is 34.2 Å². The van der Waals surface area contributed by atoms with Crippen LogP contribution >= 0.6 is 0 Å². The molecule has 1 heterocycles. The van der Waals surface area contributed by atoms with Gasteiger partial charge in [0.25, 0.3) is 0 Å². The van der Waals surface area contributed by atoms with Crippen molar-refractivity contribution in [2.45, 2.75) is 19.4 Å². The summed E-state index contributed by atoms with van der Waals surface area (Å²) in [6, 6.07) is 3.32. The molecule has 3 heteroatoms. The van der Waals surface area contributed by atoms with Gasteiger partial charge in [0.05, 0.1) is 0 Å². The van der Waals surface area contributed by atoms with E-state index in [1.807, 2.05) is 13.8 Å². The molecule has 0 aliphatic rings. The Morgan fingerprint density at radius 3 is 2.55 bits per heavy atom. The van der Waals surface area contributed by atoms with Gasteiger partial charge in [-0.05, 0) is 25.5 Å². The second-order valence-corrected chi connectivity index (χ2v) is 3.16. The van der Waals surface area contributed by atoms with Crippen LogP contribution in [0.15, 0.2) is 23.1 Å². The highest BCUT2D eigenvalue weighted by Gasteiger charge is 2.13. The minimum absolute atomic E-state index is 0.110. The molecule has 11 heavy (non-hydrogen) atoms. The number of H-pyrrole nitrogens is 1. The Bertz CT molecular complexity index is 295. The highest BCUT2D eigenvalue weighted by Crippen LogP contribution is 2.12. The van der Waals surface area contributed by atoms with Crippen molar-refractivity contribution in [2.24, 2.45) is 5.73 Å². The maximum absolute atomic E-state index is 10.8. The summed E-state index contributed by atoms with van der Waals surface area (Å²) >= 11 is 0. The van der Waals surface area contributed by atoms with Crippen molar-refractivity contribution in [1.82, 2.24) is 4.98 Å². The van der Waals surface area contributed by atoms with Crippen LogP contribution in [0.2, 0.25) is 0 Å². The van der Waals surface area contributed by atoms with Gasteiger partial charge in [-0.2, -0.15) is 0 Å². The quantitative estimate of drug-likeness (QED) is 0.618. The summed E-state index contributed by atoms with van der Waals surface area (Å²) in [5, 5.41) is 0. The largest absolute Gasteiger partial charge is 0.329 e. The number of aromatic nitrogens is 1. The summed E-state index contributed by atoms with van der Waals surface area (Å²) in [4.78, 5) is 13.4. The van der Waals surface area contributed by atoms with E-state index in [4.69, 9.17) is 5.73 Å². The topological polar surface area (TPSA) is 58.9 Å². The second-order valence-electron chi connectivity index (χ2n) is 3.16. The predicted octanol–water partition coefficient (Wildman–Crippen LogP) is 0.569. The van der Waals surface area contributed by atoms with Crippen LogP contribution in [-0.2, 0) is 5.54 Å². The van der Waals surface area contributed by atoms with Gasteiger partial charge in [0.15, 0.2) is 0 Å². The van der Waals surface area contributed by atoms with E-state index in [0.717, 1.165) is 5.56 Å². The van der Waals surface area contributed by atoms with Crippen LogP contribution in [0.4, 0.5) is 0 Å². The summed E-state index contributed by atoms with van der Waals surface area (Å²) in [5.41, 5.74) is 6.07. The van der Waals surface area contributed by atoms with E-state index in [2.05, 4.69) is 4.98 Å². The molecule has 0 saturated heterocycles. The van der Waals surface area contributed by atoms with Crippen LogP contribution in [0, 0.1) is 0 Å². The number of hydrogen-bond acceptors (Lipinski definition) is 2. The minimum atomic E-state index is -0.436. The lowest BCUT2D eigenvalue weighted by atomic mass is 9.97. The SMILES string of the molecule is CC(C)(N)c1cc[nH]c(=O)c1. The van der Waals surface area contributed by atoms with Gasteiger partial charge in [0, 0.05) is 17.8 Å². The molecule has 0 bridgehead atoms. The van der Waals surface area contributed by atoms with Gasteiger partial charge in [-0.3, -0.25) is 4.79 Å². The fraction of sp³-hybridized carbons (Fsp3) is 0.375. The maximum atomic E-state index is 10.8. The van der Waals surface area contributed by atoms with Crippen LogP contribution in [0.25, 0.3) is 0 Å². The Kier molecular flexibility index (Phi) is 1.83. The van der Waals surface area contributed by atoms with Gasteiger partial charge >= 0.3 is 0 Å². The average Bonchev–Trinajstić information content (AvgIpc) is 1.86. The standard InChI is InChI=1S/C8H12N2O/c1-8(2,9)6-3-4-10-7(11)5-6/h3-5H,9H2,1-2H3,(H,10,11). The molecule has 1 aromatic rings. The van der Waals surface area contributed by atoms with E-state index in [9.17, 15) is 4.79 Å². The zero-order chi connectivity index (χ0) is 8.48. The Labute approximate surface area is 65.2 Å². The number of rotatable bonds is 1. The highest BCUT2D eigenvalue weighted by molar-refractivity contribution is 5.18. The summed E-state index contributed by atoms with van der Waals surface area (Å²) in [6.45, 7) is 3.73. The number of nitrogens with one attached hydrogen (secondary N) is 1. The molecular formula is C8H12N2O. The monoisotopic (exact) mass is 152 g/mol. The highest BCUT2D eigenvalue weighted by atomic mass is 16.1. The van der Waals surface area contributed by atoms with Crippen molar-refractivity contribution >= 4 is 0 Å². The van der Waals surface area contributed by atoms with Gasteiger partial charge in [0.2, 0.25) is 5.56 Å². The van der Waals surface area contributed by atoms with Gasteiger partial charge in [0.1, 0.15) is 0 Å². The maximum Gasteiger partial charge on any atom is 0.248 e. The van der Waals surface area contributed by atoms with Crippen molar-refractivity contribution < 1.29 is 0 Å². The van der Waals surface area contributed by atoms with Crippen molar-refractivity contribution in [1.29, 1.82) is 0 Å². The van der Waals surface area contributed by atoms with E-state index < -0.39 is 5.54 Å². The van der Waals surface area contributed by atoms with Gasteiger partial charge in [-0.15, -0.1) is 0 Å². The first-order valence-corrected chi connectivity index (χ1v) is 3.48. The van der Waals surface area contributed by atoms with Crippen LogP contribution < -0.4 is 11.3 Å². The molecule has 0 fully saturated rings. The Hall–Kier alpha value is -1.09. The minimum Gasteiger partial charge on any atom is -0.329 e. The summed E-state index contributed by atoms with van der Waals surface area (Å²) in [6.07, 6.45) is 1.60. The summed E-state index contributed by atoms with van der Waals surface area (Å²) < 4.78 is 0. The summed E-state index contributed by atoms with van der Waals surface area (Å²) in [5.74, 6) is 0. The fourth-order valence-corrected chi connectivity index (χ4v) is 0.845. The lowest BCUT2D eigenvalue weighted by Crippen LogP contribution is -2.29. The Balaban J connectivity index is 3.16. The molecule has 0 spiro atoms. The molecular weight excluding hydrogens is 140 g/mol. The first kappa shape index (κ1) is 8.01. The Morgan fingerprint density at radius 1 is 1.55 bits per heavy atom. The molecule has 3 N–H and O–H groups in total. The smallest absolute Gasteiger partial charge is 0.248 e. The zero-order valence-corrected chi connectivity index (χ0v) is 6.72. The number of pyridine rings is 1. The average molecular weight is 152 g/mol. The lowest BCUT2D eigenvalue weighted by Gasteiger charge is -2.17. The summed E-state index contributed by atoms with van der Waals surface area (Å²) in [7, 11) is 0. The first-order valence-electron chi connectivity index (χ1n) is 3.48. The predicted molar refractivity (Wildman–Crippen MR) is 44.3 cm³/mol. The fourth-order valence-electron chi connectivity index (χ4n) is 0.845. The second kappa shape index (κ2) is 2.51. The number of nitrogens with two attached hydrogens (primary N) is 1. The van der Waals surface area contributed by atoms with E-state index in [1.165, 1.54) is 6.07 Å². The van der Waals surface area contributed by atoms with Crippen molar-refractivity contribution in [2.75, 3.05) is 0 Å². The van der Waals surface area contributed by atoms with E-state index in [-0.39, 0.29) is 5.56 Å². The van der Waals surface area contributed by atoms with E-state index >= 15 is 0 Å². The lowest BCUT2D eigenvalue weighted by molar-refractivity contribution is 0.553. The molecule has 1 rings (SSSR count). The molecule has 0 aliphatic heterocycles. The van der Waals surface area contributed by atoms with Crippen molar-refractivity contribution in [3.8, 4) is 0 Å². The third-order valence-corrected chi connectivity index (χ3v) is 1.52. The Morgan fingerprint density at radius 2 is 2.18 bits per heavy atom. The molecule has 0 unspecified atom stereocenters. The number of aromatic amines is 1. The third kappa shape index (κ3) is 1.91. The van der Waals surface area contributed by atoms with Gasteiger partial charge in [-0.25, -0.2) is 0 Å². The molecule has 0 radical (unpaired) electrons. The molecule has 60 valence electrons. The van der Waals surface area contributed by atoms with Crippen LogP contribution in [0.5, 0.6) is 0 Å². The number of hydrogen-bond donors (Lipinski definition) is 2. The van der Waals surface area contributed by atoms with Gasteiger partial charge < -0.3 is 10.7 Å². The molecule has 1 aromatic heterocycles. The molecule has 0 amide bonds.